The Bertz CT molecular complexity index is 691. The number of aliphatic hydroxyl groups excluding tert-OH is 1. The quantitative estimate of drug-likeness (QED) is 0.556. The first-order valence-electron chi connectivity index (χ1n) is 9.52. The Hall–Kier alpha value is -0.790. The van der Waals surface area contributed by atoms with E-state index < -0.39 is 0 Å². The Morgan fingerprint density at radius 3 is 2.88 bits per heavy atom. The highest BCUT2D eigenvalue weighted by molar-refractivity contribution is 6.20. The van der Waals surface area contributed by atoms with E-state index in [-0.39, 0.29) is 12.5 Å². The summed E-state index contributed by atoms with van der Waals surface area (Å²) in [6.07, 6.45) is 8.38. The largest absolute Gasteiger partial charge is 0.396 e. The lowest BCUT2D eigenvalue weighted by Crippen LogP contribution is -2.39. The third kappa shape index (κ3) is 2.31. The minimum atomic E-state index is 0.229. The van der Waals surface area contributed by atoms with E-state index >= 15 is 0 Å². The van der Waals surface area contributed by atoms with Crippen molar-refractivity contribution in [3.05, 3.63) is 46.0 Å². The molecule has 4 rings (SSSR count). The maximum absolute atomic E-state index is 9.57. The molecule has 0 bridgehead atoms. The van der Waals surface area contributed by atoms with Gasteiger partial charge in [0.1, 0.15) is 0 Å². The van der Waals surface area contributed by atoms with Crippen LogP contribution in [0.25, 0.3) is 0 Å². The van der Waals surface area contributed by atoms with Gasteiger partial charge in [0.25, 0.3) is 0 Å². The number of benzene rings is 1. The van der Waals surface area contributed by atoms with Crippen molar-refractivity contribution in [1.29, 1.82) is 0 Å². The smallest absolute Gasteiger partial charge is 0.0497 e. The number of hydrogen-bond donors (Lipinski definition) is 1. The molecule has 0 aliphatic heterocycles. The summed E-state index contributed by atoms with van der Waals surface area (Å²) in [5.41, 5.74) is 7.88. The summed E-state index contributed by atoms with van der Waals surface area (Å²) in [6, 6.07) is 4.64. The van der Waals surface area contributed by atoms with Gasteiger partial charge in [0.2, 0.25) is 0 Å². The predicted octanol–water partition coefficient (Wildman–Crippen LogP) is 5.47. The fourth-order valence-electron chi connectivity index (χ4n) is 5.79. The fourth-order valence-corrected chi connectivity index (χ4v) is 6.06. The topological polar surface area (TPSA) is 20.2 Å². The second kappa shape index (κ2) is 5.88. The number of alkyl halides is 1. The molecule has 0 spiro atoms. The molecule has 130 valence electrons. The Morgan fingerprint density at radius 1 is 1.33 bits per heavy atom. The summed E-state index contributed by atoms with van der Waals surface area (Å²) in [7, 11) is 0. The number of allylic oxidation sites excluding steroid dienone is 2. The van der Waals surface area contributed by atoms with E-state index in [9.17, 15) is 5.11 Å². The normalized spacial score (nSPS) is 35.7. The molecule has 24 heavy (non-hydrogen) atoms. The first kappa shape index (κ1) is 16.7. The molecule has 2 heteroatoms. The molecule has 1 saturated carbocycles. The van der Waals surface area contributed by atoms with Gasteiger partial charge in [-0.3, -0.25) is 0 Å². The van der Waals surface area contributed by atoms with Crippen LogP contribution < -0.4 is 0 Å². The summed E-state index contributed by atoms with van der Waals surface area (Å²) < 4.78 is 0. The molecule has 0 radical (unpaired) electrons. The SMILES string of the molecule is Cc1c([C@H](C)CO)ccc2c1CC1C2CC=C2CC(Cl)CC[C@@]21C. The third-order valence-electron chi connectivity index (χ3n) is 7.38. The van der Waals surface area contributed by atoms with Crippen LogP contribution in [0.1, 0.15) is 73.6 Å². The van der Waals surface area contributed by atoms with E-state index in [0.717, 1.165) is 18.8 Å². The average molecular weight is 345 g/mol. The summed E-state index contributed by atoms with van der Waals surface area (Å²) in [4.78, 5) is 0. The average Bonchev–Trinajstić information content (AvgIpc) is 2.96. The highest BCUT2D eigenvalue weighted by atomic mass is 35.5. The highest BCUT2D eigenvalue weighted by Crippen LogP contribution is 2.60. The summed E-state index contributed by atoms with van der Waals surface area (Å²) in [5, 5.41) is 9.90. The summed E-state index contributed by atoms with van der Waals surface area (Å²) in [6.45, 7) is 7.12. The molecule has 1 aromatic carbocycles. The van der Waals surface area contributed by atoms with Crippen LogP contribution in [0.4, 0.5) is 0 Å². The minimum absolute atomic E-state index is 0.229. The van der Waals surface area contributed by atoms with E-state index in [1.54, 1.807) is 16.7 Å². The number of halogens is 1. The molecule has 3 aliphatic carbocycles. The molecule has 1 nitrogen and oxygen atoms in total. The van der Waals surface area contributed by atoms with Gasteiger partial charge in [0, 0.05) is 17.9 Å². The zero-order chi connectivity index (χ0) is 17.1. The van der Waals surface area contributed by atoms with Crippen molar-refractivity contribution in [2.24, 2.45) is 11.3 Å². The van der Waals surface area contributed by atoms with Gasteiger partial charge in [-0.25, -0.2) is 0 Å². The van der Waals surface area contributed by atoms with Crippen LogP contribution in [-0.2, 0) is 6.42 Å². The van der Waals surface area contributed by atoms with Gasteiger partial charge in [-0.05, 0) is 78.5 Å². The van der Waals surface area contributed by atoms with Crippen LogP contribution in [0.5, 0.6) is 0 Å². The van der Waals surface area contributed by atoms with Crippen LogP contribution in [0.3, 0.4) is 0 Å². The van der Waals surface area contributed by atoms with Crippen molar-refractivity contribution in [1.82, 2.24) is 0 Å². The van der Waals surface area contributed by atoms with E-state index in [2.05, 4.69) is 39.0 Å². The molecule has 0 heterocycles. The molecule has 1 aromatic rings. The van der Waals surface area contributed by atoms with Crippen molar-refractivity contribution in [2.45, 2.75) is 70.1 Å². The molecule has 3 unspecified atom stereocenters. The monoisotopic (exact) mass is 344 g/mol. The first-order valence-corrected chi connectivity index (χ1v) is 9.96. The van der Waals surface area contributed by atoms with E-state index in [1.807, 2.05) is 0 Å². The van der Waals surface area contributed by atoms with E-state index in [0.29, 0.717) is 16.7 Å². The number of hydrogen-bond acceptors (Lipinski definition) is 1. The summed E-state index contributed by atoms with van der Waals surface area (Å²) >= 11 is 6.46. The Balaban J connectivity index is 1.73. The molecule has 0 amide bonds. The summed E-state index contributed by atoms with van der Waals surface area (Å²) in [5.74, 6) is 1.64. The Kier molecular flexibility index (Phi) is 4.09. The van der Waals surface area contributed by atoms with Crippen molar-refractivity contribution in [3.8, 4) is 0 Å². The lowest BCUT2D eigenvalue weighted by atomic mass is 9.57. The molecule has 0 aromatic heterocycles. The van der Waals surface area contributed by atoms with Gasteiger partial charge >= 0.3 is 0 Å². The predicted molar refractivity (Wildman–Crippen MR) is 101 cm³/mol. The minimum Gasteiger partial charge on any atom is -0.396 e. The van der Waals surface area contributed by atoms with Gasteiger partial charge in [-0.2, -0.15) is 0 Å². The third-order valence-corrected chi connectivity index (χ3v) is 7.75. The van der Waals surface area contributed by atoms with Gasteiger partial charge in [-0.15, -0.1) is 11.6 Å². The van der Waals surface area contributed by atoms with Crippen LogP contribution in [0.2, 0.25) is 0 Å². The van der Waals surface area contributed by atoms with Gasteiger partial charge < -0.3 is 5.11 Å². The van der Waals surface area contributed by atoms with E-state index in [1.165, 1.54) is 30.4 Å². The second-order valence-corrected chi connectivity index (χ2v) is 9.19. The molecule has 0 saturated heterocycles. The van der Waals surface area contributed by atoms with Gasteiger partial charge in [0.05, 0.1) is 0 Å². The van der Waals surface area contributed by atoms with Crippen molar-refractivity contribution < 1.29 is 5.11 Å². The zero-order valence-corrected chi connectivity index (χ0v) is 15.9. The lowest BCUT2D eigenvalue weighted by molar-refractivity contribution is 0.154. The molecular weight excluding hydrogens is 316 g/mol. The molecule has 5 atom stereocenters. The Morgan fingerprint density at radius 2 is 2.12 bits per heavy atom. The second-order valence-electron chi connectivity index (χ2n) is 8.57. The maximum atomic E-state index is 9.57. The first-order chi connectivity index (χ1) is 11.5. The fraction of sp³-hybridized carbons (Fsp3) is 0.636. The molecule has 1 N–H and O–H groups in total. The van der Waals surface area contributed by atoms with Gasteiger partial charge in [0.15, 0.2) is 0 Å². The van der Waals surface area contributed by atoms with Crippen LogP contribution in [0.15, 0.2) is 23.8 Å². The Labute approximate surface area is 151 Å². The van der Waals surface area contributed by atoms with E-state index in [4.69, 9.17) is 11.6 Å². The maximum Gasteiger partial charge on any atom is 0.0497 e. The lowest BCUT2D eigenvalue weighted by Gasteiger charge is -2.48. The molecular formula is C22H29ClO. The molecule has 1 fully saturated rings. The zero-order valence-electron chi connectivity index (χ0n) is 15.1. The number of rotatable bonds is 2. The number of aliphatic hydroxyl groups is 1. The van der Waals surface area contributed by atoms with Crippen molar-refractivity contribution in [2.75, 3.05) is 6.61 Å². The van der Waals surface area contributed by atoms with Crippen LogP contribution in [0, 0.1) is 18.3 Å². The van der Waals surface area contributed by atoms with Crippen LogP contribution in [-0.4, -0.2) is 17.1 Å². The van der Waals surface area contributed by atoms with Crippen molar-refractivity contribution >= 4 is 11.6 Å². The highest BCUT2D eigenvalue weighted by Gasteiger charge is 2.50. The molecule has 3 aliphatic rings. The van der Waals surface area contributed by atoms with Crippen molar-refractivity contribution in [3.63, 3.8) is 0 Å². The van der Waals surface area contributed by atoms with Gasteiger partial charge in [-0.1, -0.05) is 37.6 Å². The number of fused-ring (bicyclic) bond motifs is 5. The van der Waals surface area contributed by atoms with Crippen LogP contribution >= 0.6 is 11.6 Å². The standard InChI is InChI=1S/C22H29ClO/c1-13(12-24)17-6-7-18-19-5-4-15-10-16(23)8-9-22(15,3)21(19)11-20(18)14(17)2/h4,6-7,13,16,19,21,24H,5,8-12H2,1-3H3/t13-,16?,19?,21?,22+/m1/s1.